The van der Waals surface area contributed by atoms with Gasteiger partial charge in [0.1, 0.15) is 12.4 Å². The zero-order valence-corrected chi connectivity index (χ0v) is 13.6. The summed E-state index contributed by atoms with van der Waals surface area (Å²) in [5.41, 5.74) is 7.42. The van der Waals surface area contributed by atoms with E-state index in [-0.39, 0.29) is 5.96 Å². The average molecular weight is 369 g/mol. The summed E-state index contributed by atoms with van der Waals surface area (Å²) >= 11 is 0. The maximum atomic E-state index is 10.6. The summed E-state index contributed by atoms with van der Waals surface area (Å²) in [7, 11) is 0. The molecule has 0 aliphatic carbocycles. The standard InChI is InChI=1S/C15H17N3O.C2HF3O2/c16-15(17)18-10-13-7-4-8-14(9-13)19-11-12-5-2-1-3-6-12;3-2(4,5)1(6)7/h1-9H,10-11H2,(H4,16,17,18);(H,6,7). The van der Waals surface area contributed by atoms with E-state index in [1.165, 1.54) is 0 Å². The van der Waals surface area contributed by atoms with Crippen LogP contribution in [0.1, 0.15) is 11.1 Å². The van der Waals surface area contributed by atoms with Crippen LogP contribution in [0.3, 0.4) is 0 Å². The summed E-state index contributed by atoms with van der Waals surface area (Å²) in [6.45, 7) is 1.07. The number of guanidine groups is 1. The Balaban J connectivity index is 0.000000412. The van der Waals surface area contributed by atoms with Crippen molar-refractivity contribution in [1.82, 2.24) is 5.32 Å². The highest BCUT2D eigenvalue weighted by Gasteiger charge is 2.38. The van der Waals surface area contributed by atoms with Crippen molar-refractivity contribution >= 4 is 11.9 Å². The van der Waals surface area contributed by atoms with E-state index in [1.807, 2.05) is 54.6 Å². The van der Waals surface area contributed by atoms with Crippen LogP contribution in [0.15, 0.2) is 54.6 Å². The highest BCUT2D eigenvalue weighted by Crippen LogP contribution is 2.15. The van der Waals surface area contributed by atoms with Gasteiger partial charge in [-0.25, -0.2) is 4.79 Å². The first-order valence-electron chi connectivity index (χ1n) is 7.32. The van der Waals surface area contributed by atoms with Gasteiger partial charge in [0.2, 0.25) is 0 Å². The number of nitrogens with one attached hydrogen (secondary N) is 2. The quantitative estimate of drug-likeness (QED) is 0.479. The molecule has 6 nitrogen and oxygen atoms in total. The van der Waals surface area contributed by atoms with E-state index in [1.54, 1.807) is 0 Å². The number of hydrogen-bond acceptors (Lipinski definition) is 3. The molecule has 0 fully saturated rings. The Morgan fingerprint density at radius 2 is 1.69 bits per heavy atom. The van der Waals surface area contributed by atoms with Crippen LogP contribution in [0.4, 0.5) is 13.2 Å². The van der Waals surface area contributed by atoms with E-state index < -0.39 is 12.1 Å². The molecule has 0 aromatic heterocycles. The van der Waals surface area contributed by atoms with Crippen molar-refractivity contribution in [2.45, 2.75) is 19.3 Å². The lowest BCUT2D eigenvalue weighted by molar-refractivity contribution is -0.192. The number of carboxylic acids is 1. The van der Waals surface area contributed by atoms with Crippen molar-refractivity contribution in [2.24, 2.45) is 5.73 Å². The van der Waals surface area contributed by atoms with Gasteiger partial charge in [-0.05, 0) is 23.3 Å². The Labute approximate surface area is 147 Å². The lowest BCUT2D eigenvalue weighted by Crippen LogP contribution is -2.29. The maximum absolute atomic E-state index is 10.6. The monoisotopic (exact) mass is 369 g/mol. The second-order valence-corrected chi connectivity index (χ2v) is 4.99. The largest absolute Gasteiger partial charge is 0.490 e. The molecule has 0 unspecified atom stereocenters. The number of halogens is 3. The Hall–Kier alpha value is -3.23. The van der Waals surface area contributed by atoms with Crippen molar-refractivity contribution in [3.8, 4) is 5.75 Å². The first-order chi connectivity index (χ1) is 12.2. The highest BCUT2D eigenvalue weighted by atomic mass is 19.4. The highest BCUT2D eigenvalue weighted by molar-refractivity contribution is 5.74. The zero-order chi connectivity index (χ0) is 19.6. The number of hydrogen-bond donors (Lipinski definition) is 4. The molecule has 26 heavy (non-hydrogen) atoms. The van der Waals surface area contributed by atoms with Crippen LogP contribution in [0.5, 0.6) is 5.75 Å². The maximum Gasteiger partial charge on any atom is 0.490 e. The van der Waals surface area contributed by atoms with Gasteiger partial charge in [0.25, 0.3) is 0 Å². The number of ether oxygens (including phenoxy) is 1. The number of nitrogens with two attached hydrogens (primary N) is 1. The smallest absolute Gasteiger partial charge is 0.489 e. The molecule has 2 aromatic carbocycles. The van der Waals surface area contributed by atoms with Gasteiger partial charge in [-0.2, -0.15) is 13.2 Å². The minimum absolute atomic E-state index is 0.0318. The molecule has 9 heteroatoms. The minimum Gasteiger partial charge on any atom is -0.489 e. The van der Waals surface area contributed by atoms with E-state index in [2.05, 4.69) is 5.32 Å². The molecule has 0 saturated carbocycles. The second kappa shape index (κ2) is 9.92. The van der Waals surface area contributed by atoms with Gasteiger partial charge in [0, 0.05) is 6.54 Å². The number of aliphatic carboxylic acids is 1. The Bertz CT molecular complexity index is 722. The van der Waals surface area contributed by atoms with Gasteiger partial charge in [0.15, 0.2) is 5.96 Å². The van der Waals surface area contributed by atoms with Crippen LogP contribution in [-0.4, -0.2) is 23.2 Å². The summed E-state index contributed by atoms with van der Waals surface area (Å²) in [6, 6.07) is 17.8. The van der Waals surface area contributed by atoms with Crippen LogP contribution < -0.4 is 15.8 Å². The molecule has 2 aromatic rings. The van der Waals surface area contributed by atoms with Crippen LogP contribution in [-0.2, 0) is 17.9 Å². The summed E-state index contributed by atoms with van der Waals surface area (Å²) in [5, 5.41) is 17.0. The number of alkyl halides is 3. The van der Waals surface area contributed by atoms with Crippen molar-refractivity contribution < 1.29 is 27.8 Å². The summed E-state index contributed by atoms with van der Waals surface area (Å²) in [6.07, 6.45) is -5.08. The predicted octanol–water partition coefficient (Wildman–Crippen LogP) is 2.88. The third kappa shape index (κ3) is 8.57. The zero-order valence-electron chi connectivity index (χ0n) is 13.6. The SMILES string of the molecule is N=C(N)NCc1cccc(OCc2ccccc2)c1.O=C(O)C(F)(F)F. The first kappa shape index (κ1) is 20.8. The summed E-state index contributed by atoms with van der Waals surface area (Å²) in [5.74, 6) is -1.98. The van der Waals surface area contributed by atoms with Gasteiger partial charge in [0.05, 0.1) is 0 Å². The van der Waals surface area contributed by atoms with Crippen molar-refractivity contribution in [2.75, 3.05) is 0 Å². The molecule has 0 heterocycles. The molecule has 0 atom stereocenters. The predicted molar refractivity (Wildman–Crippen MR) is 89.7 cm³/mol. The second-order valence-electron chi connectivity index (χ2n) is 4.99. The van der Waals surface area contributed by atoms with Crippen molar-refractivity contribution in [3.63, 3.8) is 0 Å². The fraction of sp³-hybridized carbons (Fsp3) is 0.176. The minimum atomic E-state index is -5.08. The lowest BCUT2D eigenvalue weighted by Gasteiger charge is -2.09. The molecule has 2 rings (SSSR count). The van der Waals surface area contributed by atoms with E-state index in [0.29, 0.717) is 13.2 Å². The molecule has 5 N–H and O–H groups in total. The Kier molecular flexibility index (Phi) is 7.94. The third-order valence-electron chi connectivity index (χ3n) is 2.87. The van der Waals surface area contributed by atoms with Crippen LogP contribution in [0.25, 0.3) is 0 Å². The molecule has 0 aliphatic heterocycles. The summed E-state index contributed by atoms with van der Waals surface area (Å²) < 4.78 is 37.5. The topological polar surface area (TPSA) is 108 Å². The Morgan fingerprint density at radius 1 is 1.12 bits per heavy atom. The van der Waals surface area contributed by atoms with Crippen LogP contribution in [0.2, 0.25) is 0 Å². The first-order valence-corrected chi connectivity index (χ1v) is 7.32. The van der Waals surface area contributed by atoms with E-state index >= 15 is 0 Å². The molecular weight excluding hydrogens is 351 g/mol. The molecule has 140 valence electrons. The number of benzene rings is 2. The Morgan fingerprint density at radius 3 is 2.23 bits per heavy atom. The molecule has 0 amide bonds. The number of rotatable bonds is 5. The van der Waals surface area contributed by atoms with E-state index in [0.717, 1.165) is 16.9 Å². The number of carboxylic acid groups (broad SMARTS) is 1. The fourth-order valence-electron chi connectivity index (χ4n) is 1.68. The van der Waals surface area contributed by atoms with Gasteiger partial charge < -0.3 is 20.9 Å². The lowest BCUT2D eigenvalue weighted by atomic mass is 10.2. The van der Waals surface area contributed by atoms with Crippen molar-refractivity contribution in [1.29, 1.82) is 5.41 Å². The summed E-state index contributed by atoms with van der Waals surface area (Å²) in [4.78, 5) is 8.90. The average Bonchev–Trinajstić information content (AvgIpc) is 2.59. The third-order valence-corrected chi connectivity index (χ3v) is 2.87. The van der Waals surface area contributed by atoms with Gasteiger partial charge in [-0.3, -0.25) is 5.41 Å². The van der Waals surface area contributed by atoms with E-state index in [4.69, 9.17) is 25.8 Å². The van der Waals surface area contributed by atoms with Gasteiger partial charge in [-0.1, -0.05) is 42.5 Å². The molecule has 0 aliphatic rings. The fourth-order valence-corrected chi connectivity index (χ4v) is 1.68. The molecule has 0 radical (unpaired) electrons. The van der Waals surface area contributed by atoms with Crippen LogP contribution in [0, 0.1) is 5.41 Å². The molecular formula is C17H18F3N3O3. The molecule has 0 bridgehead atoms. The van der Waals surface area contributed by atoms with E-state index in [9.17, 15) is 13.2 Å². The molecule has 0 saturated heterocycles. The van der Waals surface area contributed by atoms with Gasteiger partial charge >= 0.3 is 12.1 Å². The number of carbonyl (C=O) groups is 1. The molecule has 0 spiro atoms. The van der Waals surface area contributed by atoms with Crippen molar-refractivity contribution in [3.05, 3.63) is 65.7 Å². The van der Waals surface area contributed by atoms with Gasteiger partial charge in [-0.15, -0.1) is 0 Å². The van der Waals surface area contributed by atoms with Crippen LogP contribution >= 0.6 is 0 Å². The normalized spacial score (nSPS) is 10.3.